The molecule has 7 nitrogen and oxygen atoms in total. The molecule has 27 heavy (non-hydrogen) atoms. The van der Waals surface area contributed by atoms with Crippen LogP contribution in [0.4, 0.5) is 5.69 Å². The SMILES string of the molecule is Cc1ccc(CN(C(=O)c2ccc(N3NC(=O)CCC3=O)cc2)C(C)C)o1. The molecule has 1 fully saturated rings. The van der Waals surface area contributed by atoms with Crippen molar-refractivity contribution in [1.82, 2.24) is 10.3 Å². The zero-order chi connectivity index (χ0) is 19.6. The Kier molecular flexibility index (Phi) is 5.30. The first-order chi connectivity index (χ1) is 12.8. The van der Waals surface area contributed by atoms with Crippen LogP contribution in [0.5, 0.6) is 0 Å². The number of nitrogens with zero attached hydrogens (tertiary/aromatic N) is 2. The van der Waals surface area contributed by atoms with Gasteiger partial charge in [0.05, 0.1) is 12.2 Å². The van der Waals surface area contributed by atoms with E-state index in [1.165, 1.54) is 5.01 Å². The molecule has 3 amide bonds. The minimum Gasteiger partial charge on any atom is -0.464 e. The number of aryl methyl sites for hydroxylation is 1. The molecular formula is C20H23N3O4. The fourth-order valence-corrected chi connectivity index (χ4v) is 2.93. The standard InChI is InChI=1S/C20H23N3O4/c1-13(2)22(12-17-9-4-14(3)27-17)20(26)15-5-7-16(8-6-15)23-19(25)11-10-18(24)21-23/h4-9,13H,10-12H2,1-3H3,(H,21,24). The third-order valence-electron chi connectivity index (χ3n) is 4.43. The van der Waals surface area contributed by atoms with Crippen molar-refractivity contribution in [3.05, 3.63) is 53.5 Å². The molecule has 2 heterocycles. The van der Waals surface area contributed by atoms with E-state index in [1.807, 2.05) is 32.9 Å². The van der Waals surface area contributed by atoms with Crippen LogP contribution in [0.1, 0.15) is 48.6 Å². The zero-order valence-corrected chi connectivity index (χ0v) is 15.7. The number of amides is 3. The van der Waals surface area contributed by atoms with Crippen molar-refractivity contribution in [2.75, 3.05) is 5.01 Å². The number of rotatable bonds is 5. The van der Waals surface area contributed by atoms with Gasteiger partial charge in [0.25, 0.3) is 5.91 Å². The highest BCUT2D eigenvalue weighted by Crippen LogP contribution is 2.20. The van der Waals surface area contributed by atoms with Crippen molar-refractivity contribution in [2.45, 2.75) is 46.2 Å². The first-order valence-corrected chi connectivity index (χ1v) is 8.94. The molecule has 1 saturated heterocycles. The Morgan fingerprint density at radius 1 is 1.15 bits per heavy atom. The summed E-state index contributed by atoms with van der Waals surface area (Å²) in [6, 6.07) is 10.4. The van der Waals surface area contributed by atoms with Gasteiger partial charge in [0.15, 0.2) is 0 Å². The van der Waals surface area contributed by atoms with Gasteiger partial charge in [-0.15, -0.1) is 0 Å². The van der Waals surface area contributed by atoms with Crippen molar-refractivity contribution in [1.29, 1.82) is 0 Å². The lowest BCUT2D eigenvalue weighted by Gasteiger charge is -2.28. The maximum atomic E-state index is 12.9. The van der Waals surface area contributed by atoms with Gasteiger partial charge in [-0.25, -0.2) is 5.01 Å². The molecule has 1 aliphatic heterocycles. The molecule has 1 aromatic carbocycles. The van der Waals surface area contributed by atoms with E-state index >= 15 is 0 Å². The van der Waals surface area contributed by atoms with E-state index in [1.54, 1.807) is 29.2 Å². The van der Waals surface area contributed by atoms with E-state index < -0.39 is 0 Å². The molecule has 1 aromatic heterocycles. The topological polar surface area (TPSA) is 82.9 Å². The average molecular weight is 369 g/mol. The van der Waals surface area contributed by atoms with Crippen molar-refractivity contribution in [3.63, 3.8) is 0 Å². The fourth-order valence-electron chi connectivity index (χ4n) is 2.93. The smallest absolute Gasteiger partial charge is 0.254 e. The number of carbonyl (C=O) groups excluding carboxylic acids is 3. The predicted octanol–water partition coefficient (Wildman–Crippen LogP) is 2.80. The molecule has 0 saturated carbocycles. The van der Waals surface area contributed by atoms with Gasteiger partial charge < -0.3 is 9.32 Å². The highest BCUT2D eigenvalue weighted by atomic mass is 16.3. The molecule has 0 unspecified atom stereocenters. The van der Waals surface area contributed by atoms with Crippen molar-refractivity contribution >= 4 is 23.4 Å². The van der Waals surface area contributed by atoms with Crippen LogP contribution >= 0.6 is 0 Å². The van der Waals surface area contributed by atoms with Gasteiger partial charge in [-0.1, -0.05) is 0 Å². The minimum atomic E-state index is -0.200. The summed E-state index contributed by atoms with van der Waals surface area (Å²) in [6.07, 6.45) is 0.373. The lowest BCUT2D eigenvalue weighted by molar-refractivity contribution is -0.130. The molecule has 0 spiro atoms. The number of hydrogen-bond acceptors (Lipinski definition) is 4. The van der Waals surface area contributed by atoms with Crippen molar-refractivity contribution < 1.29 is 18.8 Å². The van der Waals surface area contributed by atoms with E-state index in [4.69, 9.17) is 4.42 Å². The highest BCUT2D eigenvalue weighted by Gasteiger charge is 2.25. The fraction of sp³-hybridized carbons (Fsp3) is 0.350. The number of hydrogen-bond donors (Lipinski definition) is 1. The number of nitrogens with one attached hydrogen (secondary N) is 1. The third-order valence-corrected chi connectivity index (χ3v) is 4.43. The predicted molar refractivity (Wildman–Crippen MR) is 99.8 cm³/mol. The summed E-state index contributed by atoms with van der Waals surface area (Å²) >= 11 is 0. The molecule has 1 aliphatic rings. The molecule has 7 heteroatoms. The second-order valence-corrected chi connectivity index (χ2v) is 6.85. The Hall–Kier alpha value is -3.09. The average Bonchev–Trinajstić information content (AvgIpc) is 3.06. The molecule has 142 valence electrons. The number of carbonyl (C=O) groups is 3. The van der Waals surface area contributed by atoms with Crippen LogP contribution in [-0.2, 0) is 16.1 Å². The van der Waals surface area contributed by atoms with Gasteiger partial charge >= 0.3 is 0 Å². The summed E-state index contributed by atoms with van der Waals surface area (Å²) in [5.41, 5.74) is 3.58. The largest absolute Gasteiger partial charge is 0.464 e. The van der Waals surface area contributed by atoms with Gasteiger partial charge in [0.2, 0.25) is 11.8 Å². The molecule has 0 atom stereocenters. The van der Waals surface area contributed by atoms with Crippen LogP contribution in [-0.4, -0.2) is 28.7 Å². The molecule has 0 radical (unpaired) electrons. The Labute approximate surface area is 157 Å². The van der Waals surface area contributed by atoms with Crippen LogP contribution in [0, 0.1) is 6.92 Å². The summed E-state index contributed by atoms with van der Waals surface area (Å²) in [6.45, 7) is 6.14. The summed E-state index contributed by atoms with van der Waals surface area (Å²) in [7, 11) is 0. The molecule has 2 aromatic rings. The monoisotopic (exact) mass is 369 g/mol. The Bertz CT molecular complexity index is 854. The van der Waals surface area contributed by atoms with Crippen molar-refractivity contribution in [3.8, 4) is 0 Å². The second-order valence-electron chi connectivity index (χ2n) is 6.85. The van der Waals surface area contributed by atoms with E-state index in [9.17, 15) is 14.4 Å². The maximum absolute atomic E-state index is 12.9. The van der Waals surface area contributed by atoms with Crippen LogP contribution in [0.15, 0.2) is 40.8 Å². The highest BCUT2D eigenvalue weighted by molar-refractivity contribution is 6.01. The van der Waals surface area contributed by atoms with Crippen molar-refractivity contribution in [2.24, 2.45) is 0 Å². The van der Waals surface area contributed by atoms with Gasteiger partial charge in [-0.2, -0.15) is 0 Å². The molecule has 1 N–H and O–H groups in total. The number of benzene rings is 1. The van der Waals surface area contributed by atoms with E-state index in [0.717, 1.165) is 11.5 Å². The minimum absolute atomic E-state index is 0.00876. The molecule has 3 rings (SSSR count). The van der Waals surface area contributed by atoms with Gasteiger partial charge in [-0.3, -0.25) is 19.8 Å². The lowest BCUT2D eigenvalue weighted by Crippen LogP contribution is -2.50. The molecule has 0 bridgehead atoms. The van der Waals surface area contributed by atoms with E-state index in [-0.39, 0.29) is 36.6 Å². The Morgan fingerprint density at radius 2 is 1.85 bits per heavy atom. The Balaban J connectivity index is 1.77. The van der Waals surface area contributed by atoms with Gasteiger partial charge in [0, 0.05) is 24.4 Å². The first-order valence-electron chi connectivity index (χ1n) is 8.94. The second kappa shape index (κ2) is 7.65. The van der Waals surface area contributed by atoms with E-state index in [0.29, 0.717) is 17.8 Å². The lowest BCUT2D eigenvalue weighted by atomic mass is 10.1. The summed E-state index contributed by atoms with van der Waals surface area (Å²) in [4.78, 5) is 38.2. The summed E-state index contributed by atoms with van der Waals surface area (Å²) in [5, 5.41) is 1.23. The maximum Gasteiger partial charge on any atom is 0.254 e. The zero-order valence-electron chi connectivity index (χ0n) is 15.7. The van der Waals surface area contributed by atoms with Gasteiger partial charge in [-0.05, 0) is 57.2 Å². The number of hydrazine groups is 1. The van der Waals surface area contributed by atoms with Crippen LogP contribution < -0.4 is 10.4 Å². The number of anilines is 1. The normalized spacial score (nSPS) is 14.4. The summed E-state index contributed by atoms with van der Waals surface area (Å²) in [5.74, 6) is 1.03. The van der Waals surface area contributed by atoms with Crippen LogP contribution in [0.2, 0.25) is 0 Å². The molecule has 0 aliphatic carbocycles. The number of furan rings is 1. The van der Waals surface area contributed by atoms with Crippen LogP contribution in [0.3, 0.4) is 0 Å². The first kappa shape index (κ1) is 18.7. The van der Waals surface area contributed by atoms with Crippen LogP contribution in [0.25, 0.3) is 0 Å². The van der Waals surface area contributed by atoms with Gasteiger partial charge in [0.1, 0.15) is 11.5 Å². The third kappa shape index (κ3) is 4.19. The van der Waals surface area contributed by atoms with E-state index in [2.05, 4.69) is 5.43 Å². The quantitative estimate of drug-likeness (QED) is 0.878. The Morgan fingerprint density at radius 3 is 2.44 bits per heavy atom. The summed E-state index contributed by atoms with van der Waals surface area (Å²) < 4.78 is 5.59. The molecular weight excluding hydrogens is 346 g/mol.